The van der Waals surface area contributed by atoms with Crippen LogP contribution in [0.3, 0.4) is 0 Å². The molecule has 0 atom stereocenters. The topological polar surface area (TPSA) is 42.8 Å². The van der Waals surface area contributed by atoms with Crippen molar-refractivity contribution in [1.82, 2.24) is 0 Å². The third-order valence-electron chi connectivity index (χ3n) is 4.10. The molecular weight excluding hydrogens is 264 g/mol. The number of likely N-dealkylation sites (tertiary alicyclic amines) is 1. The molecule has 0 spiro atoms. The average Bonchev–Trinajstić information content (AvgIpc) is 2.42. The number of hydrogen-bond donors (Lipinski definition) is 2. The highest BCUT2D eigenvalue weighted by atomic mass is 16.5. The Morgan fingerprint density at radius 1 is 1.19 bits per heavy atom. The lowest BCUT2D eigenvalue weighted by molar-refractivity contribution is -0.892. The SMILES string of the molecule is COc1ccc(C)cc1NC(=O)C[NH+]1CCCCCCC1. The van der Waals surface area contributed by atoms with Gasteiger partial charge in [-0.1, -0.05) is 12.5 Å². The Bertz CT molecular complexity index is 466. The number of nitrogens with one attached hydrogen (secondary N) is 2. The molecule has 0 saturated carbocycles. The van der Waals surface area contributed by atoms with E-state index in [2.05, 4.69) is 5.32 Å². The lowest BCUT2D eigenvalue weighted by atomic mass is 10.1. The van der Waals surface area contributed by atoms with Crippen molar-refractivity contribution in [3.63, 3.8) is 0 Å². The van der Waals surface area contributed by atoms with Crippen LogP contribution in [0.5, 0.6) is 5.75 Å². The number of aryl methyl sites for hydroxylation is 1. The van der Waals surface area contributed by atoms with E-state index in [4.69, 9.17) is 4.74 Å². The van der Waals surface area contributed by atoms with Crippen LogP contribution in [-0.2, 0) is 4.79 Å². The maximum Gasteiger partial charge on any atom is 0.279 e. The van der Waals surface area contributed by atoms with E-state index in [9.17, 15) is 4.79 Å². The molecule has 116 valence electrons. The first-order valence-electron chi connectivity index (χ1n) is 7.97. The molecule has 1 amide bonds. The van der Waals surface area contributed by atoms with Crippen molar-refractivity contribution < 1.29 is 14.4 Å². The lowest BCUT2D eigenvalue weighted by Crippen LogP contribution is -3.13. The molecule has 1 aromatic carbocycles. The van der Waals surface area contributed by atoms with Crippen molar-refractivity contribution >= 4 is 11.6 Å². The fourth-order valence-corrected chi connectivity index (χ4v) is 2.92. The number of amides is 1. The van der Waals surface area contributed by atoms with Crippen LogP contribution in [0.4, 0.5) is 5.69 Å². The van der Waals surface area contributed by atoms with Crippen molar-refractivity contribution in [2.24, 2.45) is 0 Å². The van der Waals surface area contributed by atoms with Crippen molar-refractivity contribution in [3.05, 3.63) is 23.8 Å². The van der Waals surface area contributed by atoms with E-state index in [1.807, 2.05) is 25.1 Å². The minimum atomic E-state index is 0.0782. The van der Waals surface area contributed by atoms with Crippen LogP contribution in [0.15, 0.2) is 18.2 Å². The molecule has 1 aliphatic heterocycles. The van der Waals surface area contributed by atoms with Crippen molar-refractivity contribution in [2.75, 3.05) is 32.1 Å². The highest BCUT2D eigenvalue weighted by Gasteiger charge is 2.16. The van der Waals surface area contributed by atoms with Crippen LogP contribution in [0.2, 0.25) is 0 Å². The molecule has 2 N–H and O–H groups in total. The third kappa shape index (κ3) is 5.05. The van der Waals surface area contributed by atoms with E-state index in [1.54, 1.807) is 7.11 Å². The van der Waals surface area contributed by atoms with Crippen LogP contribution in [-0.4, -0.2) is 32.7 Å². The number of ether oxygens (including phenoxy) is 1. The van der Waals surface area contributed by atoms with Gasteiger partial charge in [0.2, 0.25) is 0 Å². The van der Waals surface area contributed by atoms with Gasteiger partial charge in [0.15, 0.2) is 6.54 Å². The van der Waals surface area contributed by atoms with Crippen LogP contribution in [0, 0.1) is 6.92 Å². The van der Waals surface area contributed by atoms with Gasteiger partial charge in [-0.15, -0.1) is 0 Å². The number of benzene rings is 1. The molecule has 1 heterocycles. The molecule has 2 rings (SSSR count). The van der Waals surface area contributed by atoms with Crippen LogP contribution >= 0.6 is 0 Å². The first kappa shape index (κ1) is 15.8. The zero-order valence-corrected chi connectivity index (χ0v) is 13.2. The Labute approximate surface area is 127 Å². The summed E-state index contributed by atoms with van der Waals surface area (Å²) in [5.41, 5.74) is 1.89. The third-order valence-corrected chi connectivity index (χ3v) is 4.10. The normalized spacial score (nSPS) is 16.9. The van der Waals surface area contributed by atoms with Crippen molar-refractivity contribution in [1.29, 1.82) is 0 Å². The van der Waals surface area contributed by atoms with Gasteiger partial charge in [0, 0.05) is 0 Å². The fraction of sp³-hybridized carbons (Fsp3) is 0.588. The van der Waals surface area contributed by atoms with Gasteiger partial charge >= 0.3 is 0 Å². The van der Waals surface area contributed by atoms with Gasteiger partial charge in [0.25, 0.3) is 5.91 Å². The van der Waals surface area contributed by atoms with Crippen LogP contribution in [0.25, 0.3) is 0 Å². The van der Waals surface area contributed by atoms with E-state index in [0.29, 0.717) is 6.54 Å². The first-order chi connectivity index (χ1) is 10.2. The highest BCUT2D eigenvalue weighted by Crippen LogP contribution is 2.24. The standard InChI is InChI=1S/C17H26N2O2/c1-14-8-9-16(21-2)15(12-14)18-17(20)13-19-10-6-4-3-5-7-11-19/h8-9,12H,3-7,10-11,13H2,1-2H3,(H,18,20)/p+1. The number of carbonyl (C=O) groups is 1. The minimum Gasteiger partial charge on any atom is -0.495 e. The number of methoxy groups -OCH3 is 1. The molecule has 0 unspecified atom stereocenters. The quantitative estimate of drug-likeness (QED) is 0.888. The summed E-state index contributed by atoms with van der Waals surface area (Å²) in [7, 11) is 1.63. The maximum atomic E-state index is 12.3. The zero-order chi connectivity index (χ0) is 15.1. The largest absolute Gasteiger partial charge is 0.495 e. The smallest absolute Gasteiger partial charge is 0.279 e. The summed E-state index contributed by atoms with van der Waals surface area (Å²) >= 11 is 0. The number of rotatable bonds is 4. The fourth-order valence-electron chi connectivity index (χ4n) is 2.92. The van der Waals surface area contributed by atoms with Gasteiger partial charge in [-0.05, 0) is 50.3 Å². The van der Waals surface area contributed by atoms with Crippen molar-refractivity contribution in [3.8, 4) is 5.75 Å². The summed E-state index contributed by atoms with van der Waals surface area (Å²) in [4.78, 5) is 13.7. The summed E-state index contributed by atoms with van der Waals surface area (Å²) in [5.74, 6) is 0.797. The summed E-state index contributed by atoms with van der Waals surface area (Å²) in [5, 5.41) is 3.00. The molecule has 0 aliphatic carbocycles. The molecule has 1 saturated heterocycles. The number of anilines is 1. The van der Waals surface area contributed by atoms with E-state index >= 15 is 0 Å². The molecule has 1 fully saturated rings. The van der Waals surface area contributed by atoms with Gasteiger partial charge in [-0.2, -0.15) is 0 Å². The molecule has 21 heavy (non-hydrogen) atoms. The monoisotopic (exact) mass is 291 g/mol. The number of carbonyl (C=O) groups excluding carboxylic acids is 1. The average molecular weight is 291 g/mol. The lowest BCUT2D eigenvalue weighted by Gasteiger charge is -2.21. The second-order valence-corrected chi connectivity index (χ2v) is 5.95. The summed E-state index contributed by atoms with van der Waals surface area (Å²) in [6.07, 6.45) is 6.42. The maximum absolute atomic E-state index is 12.3. The Morgan fingerprint density at radius 2 is 1.86 bits per heavy atom. The molecule has 0 aromatic heterocycles. The molecule has 1 aromatic rings. The number of hydrogen-bond acceptors (Lipinski definition) is 2. The van der Waals surface area contributed by atoms with Gasteiger partial charge < -0.3 is 15.0 Å². The van der Waals surface area contributed by atoms with E-state index < -0.39 is 0 Å². The Hall–Kier alpha value is -1.55. The first-order valence-corrected chi connectivity index (χ1v) is 7.97. The van der Waals surface area contributed by atoms with Gasteiger partial charge in [-0.25, -0.2) is 0 Å². The summed E-state index contributed by atoms with van der Waals surface area (Å²) in [6, 6.07) is 5.84. The Morgan fingerprint density at radius 3 is 2.52 bits per heavy atom. The Balaban J connectivity index is 1.92. The summed E-state index contributed by atoms with van der Waals surface area (Å²) in [6.45, 7) is 4.78. The second kappa shape index (κ2) is 8.03. The van der Waals surface area contributed by atoms with Gasteiger partial charge in [0.1, 0.15) is 5.75 Å². The molecule has 0 radical (unpaired) electrons. The van der Waals surface area contributed by atoms with E-state index in [1.165, 1.54) is 37.0 Å². The van der Waals surface area contributed by atoms with E-state index in [0.717, 1.165) is 30.1 Å². The van der Waals surface area contributed by atoms with E-state index in [-0.39, 0.29) is 5.91 Å². The second-order valence-electron chi connectivity index (χ2n) is 5.95. The molecule has 0 bridgehead atoms. The zero-order valence-electron chi connectivity index (χ0n) is 13.2. The van der Waals surface area contributed by atoms with Gasteiger partial charge in [0.05, 0.1) is 25.9 Å². The predicted octanol–water partition coefficient (Wildman–Crippen LogP) is 1.79. The molecule has 4 nitrogen and oxygen atoms in total. The summed E-state index contributed by atoms with van der Waals surface area (Å²) < 4.78 is 5.31. The van der Waals surface area contributed by atoms with Crippen LogP contribution < -0.4 is 15.0 Å². The molecule has 1 aliphatic rings. The highest BCUT2D eigenvalue weighted by molar-refractivity contribution is 5.93. The molecule has 4 heteroatoms. The predicted molar refractivity (Wildman–Crippen MR) is 85.0 cm³/mol. The number of quaternary nitrogens is 1. The Kier molecular flexibility index (Phi) is 6.05. The minimum absolute atomic E-state index is 0.0782. The van der Waals surface area contributed by atoms with Crippen LogP contribution in [0.1, 0.15) is 37.7 Å². The van der Waals surface area contributed by atoms with Gasteiger partial charge in [-0.3, -0.25) is 4.79 Å². The molecular formula is C17H27N2O2+. The van der Waals surface area contributed by atoms with Crippen molar-refractivity contribution in [2.45, 2.75) is 39.0 Å².